The summed E-state index contributed by atoms with van der Waals surface area (Å²) < 4.78 is 5.47. The normalized spacial score (nSPS) is 10.7. The second-order valence-electron chi connectivity index (χ2n) is 5.27. The Bertz CT molecular complexity index is 639. The Balaban J connectivity index is 2.00. The topological polar surface area (TPSA) is 21.3 Å². The minimum absolute atomic E-state index is 0.683. The number of allylic oxidation sites excluding steroid dienone is 1. The van der Waals surface area contributed by atoms with Crippen molar-refractivity contribution in [3.63, 3.8) is 0 Å². The maximum atomic E-state index is 5.47. The summed E-state index contributed by atoms with van der Waals surface area (Å²) in [7, 11) is 0. The molecule has 0 aliphatic rings. The highest BCUT2D eigenvalue weighted by Crippen LogP contribution is 2.24. The SMILES string of the molecule is C=C(c1ccc(NCC=CCC)cc1)c1ccc(OCC)cc1. The number of benzene rings is 2. The summed E-state index contributed by atoms with van der Waals surface area (Å²) in [4.78, 5) is 0. The van der Waals surface area contributed by atoms with Gasteiger partial charge in [0.1, 0.15) is 5.75 Å². The summed E-state index contributed by atoms with van der Waals surface area (Å²) in [5.41, 5.74) is 4.38. The van der Waals surface area contributed by atoms with Crippen LogP contribution in [0, 0.1) is 0 Å². The van der Waals surface area contributed by atoms with Gasteiger partial charge in [0.25, 0.3) is 0 Å². The molecule has 2 aromatic rings. The van der Waals surface area contributed by atoms with Gasteiger partial charge in [-0.15, -0.1) is 0 Å². The van der Waals surface area contributed by atoms with Gasteiger partial charge < -0.3 is 10.1 Å². The van der Waals surface area contributed by atoms with E-state index in [1.54, 1.807) is 0 Å². The van der Waals surface area contributed by atoms with Gasteiger partial charge in [-0.2, -0.15) is 0 Å². The molecule has 0 heterocycles. The summed E-state index contributed by atoms with van der Waals surface area (Å²) in [5.74, 6) is 0.892. The Morgan fingerprint density at radius 3 is 2.13 bits per heavy atom. The van der Waals surface area contributed by atoms with Gasteiger partial charge in [0, 0.05) is 12.2 Å². The molecule has 0 atom stereocenters. The molecule has 2 aromatic carbocycles. The number of hydrogen-bond donors (Lipinski definition) is 1. The van der Waals surface area contributed by atoms with Crippen LogP contribution in [0.15, 0.2) is 67.3 Å². The van der Waals surface area contributed by atoms with Crippen LogP contribution in [0.1, 0.15) is 31.4 Å². The van der Waals surface area contributed by atoms with E-state index in [-0.39, 0.29) is 0 Å². The fourth-order valence-electron chi connectivity index (χ4n) is 2.30. The lowest BCUT2D eigenvalue weighted by atomic mass is 9.99. The molecule has 120 valence electrons. The summed E-state index contributed by atoms with van der Waals surface area (Å²) in [6.45, 7) is 9.87. The van der Waals surface area contributed by atoms with Crippen LogP contribution >= 0.6 is 0 Å². The first-order valence-corrected chi connectivity index (χ1v) is 8.16. The zero-order valence-corrected chi connectivity index (χ0v) is 14.0. The second-order valence-corrected chi connectivity index (χ2v) is 5.27. The molecule has 2 heteroatoms. The molecule has 23 heavy (non-hydrogen) atoms. The van der Waals surface area contributed by atoms with E-state index in [0.29, 0.717) is 6.61 Å². The first-order chi connectivity index (χ1) is 11.2. The van der Waals surface area contributed by atoms with Crippen molar-refractivity contribution in [1.82, 2.24) is 0 Å². The fourth-order valence-corrected chi connectivity index (χ4v) is 2.30. The van der Waals surface area contributed by atoms with E-state index in [9.17, 15) is 0 Å². The molecule has 0 aliphatic carbocycles. The minimum Gasteiger partial charge on any atom is -0.494 e. The van der Waals surface area contributed by atoms with Gasteiger partial charge in [0.15, 0.2) is 0 Å². The summed E-state index contributed by atoms with van der Waals surface area (Å²) >= 11 is 0. The summed E-state index contributed by atoms with van der Waals surface area (Å²) in [6.07, 6.45) is 5.38. The number of rotatable bonds is 8. The van der Waals surface area contributed by atoms with Gasteiger partial charge in [-0.05, 0) is 54.3 Å². The molecule has 0 aliphatic heterocycles. The Hall–Kier alpha value is -2.48. The number of nitrogens with one attached hydrogen (secondary N) is 1. The molecule has 0 amide bonds. The Labute approximate surface area is 139 Å². The molecule has 2 nitrogen and oxygen atoms in total. The molecule has 0 saturated heterocycles. The van der Waals surface area contributed by atoms with Crippen LogP contribution in [0.2, 0.25) is 0 Å². The van der Waals surface area contributed by atoms with Gasteiger partial charge in [0.2, 0.25) is 0 Å². The first-order valence-electron chi connectivity index (χ1n) is 8.16. The van der Waals surface area contributed by atoms with E-state index in [2.05, 4.69) is 67.4 Å². The van der Waals surface area contributed by atoms with Crippen LogP contribution in [-0.2, 0) is 0 Å². The molecule has 2 rings (SSSR count). The van der Waals surface area contributed by atoms with Crippen molar-refractivity contribution in [1.29, 1.82) is 0 Å². The highest BCUT2D eigenvalue weighted by molar-refractivity contribution is 5.78. The van der Waals surface area contributed by atoms with E-state index in [1.165, 1.54) is 0 Å². The first kappa shape index (κ1) is 16.9. The fraction of sp³-hybridized carbons (Fsp3) is 0.238. The average Bonchev–Trinajstić information content (AvgIpc) is 2.60. The lowest BCUT2D eigenvalue weighted by Crippen LogP contribution is -1.98. The maximum absolute atomic E-state index is 5.47. The van der Waals surface area contributed by atoms with Crippen LogP contribution in [-0.4, -0.2) is 13.2 Å². The van der Waals surface area contributed by atoms with Crippen LogP contribution in [0.4, 0.5) is 5.69 Å². The monoisotopic (exact) mass is 307 g/mol. The van der Waals surface area contributed by atoms with Gasteiger partial charge in [-0.1, -0.05) is 49.9 Å². The molecular formula is C21H25NO. The maximum Gasteiger partial charge on any atom is 0.119 e. The quantitative estimate of drug-likeness (QED) is 0.648. The van der Waals surface area contributed by atoms with Crippen molar-refractivity contribution < 1.29 is 4.74 Å². The molecule has 1 N–H and O–H groups in total. The third-order valence-corrected chi connectivity index (χ3v) is 3.57. The van der Waals surface area contributed by atoms with E-state index >= 15 is 0 Å². The third-order valence-electron chi connectivity index (χ3n) is 3.57. The molecule has 0 fully saturated rings. The lowest BCUT2D eigenvalue weighted by molar-refractivity contribution is 0.340. The van der Waals surface area contributed by atoms with Crippen LogP contribution < -0.4 is 10.1 Å². The second kappa shape index (κ2) is 8.84. The van der Waals surface area contributed by atoms with Crippen molar-refractivity contribution >= 4 is 11.3 Å². The third kappa shape index (κ3) is 5.03. The van der Waals surface area contributed by atoms with Crippen molar-refractivity contribution in [2.24, 2.45) is 0 Å². The minimum atomic E-state index is 0.683. The Kier molecular flexibility index (Phi) is 6.49. The zero-order chi connectivity index (χ0) is 16.5. The number of ether oxygens (including phenoxy) is 1. The number of anilines is 1. The lowest BCUT2D eigenvalue weighted by Gasteiger charge is -2.10. The van der Waals surface area contributed by atoms with Gasteiger partial charge in [-0.3, -0.25) is 0 Å². The van der Waals surface area contributed by atoms with Crippen molar-refractivity contribution in [2.75, 3.05) is 18.5 Å². The predicted molar refractivity (Wildman–Crippen MR) is 100 cm³/mol. The van der Waals surface area contributed by atoms with Gasteiger partial charge in [-0.25, -0.2) is 0 Å². The molecule has 0 radical (unpaired) electrons. The highest BCUT2D eigenvalue weighted by atomic mass is 16.5. The Morgan fingerprint density at radius 1 is 0.957 bits per heavy atom. The van der Waals surface area contributed by atoms with E-state index < -0.39 is 0 Å². The molecular weight excluding hydrogens is 282 g/mol. The van der Waals surface area contributed by atoms with Gasteiger partial charge in [0.05, 0.1) is 6.61 Å². The van der Waals surface area contributed by atoms with E-state index in [0.717, 1.165) is 41.1 Å². The van der Waals surface area contributed by atoms with Crippen molar-refractivity contribution in [3.8, 4) is 5.75 Å². The Morgan fingerprint density at radius 2 is 1.57 bits per heavy atom. The smallest absolute Gasteiger partial charge is 0.119 e. The van der Waals surface area contributed by atoms with Crippen molar-refractivity contribution in [3.05, 3.63) is 78.4 Å². The standard InChI is InChI=1S/C21H25NO/c1-4-6-7-16-22-20-12-8-18(9-13-20)17(3)19-10-14-21(15-11-19)23-5-2/h6-15,22H,3-5,16H2,1-2H3. The van der Waals surface area contributed by atoms with Crippen LogP contribution in [0.5, 0.6) is 5.75 Å². The van der Waals surface area contributed by atoms with E-state index in [4.69, 9.17) is 4.74 Å². The van der Waals surface area contributed by atoms with Gasteiger partial charge >= 0.3 is 0 Å². The molecule has 0 bridgehead atoms. The number of hydrogen-bond acceptors (Lipinski definition) is 2. The molecule has 0 aromatic heterocycles. The van der Waals surface area contributed by atoms with Crippen molar-refractivity contribution in [2.45, 2.75) is 20.3 Å². The summed E-state index contributed by atoms with van der Waals surface area (Å²) in [6, 6.07) is 16.5. The molecule has 0 spiro atoms. The zero-order valence-electron chi connectivity index (χ0n) is 14.0. The molecule has 0 unspecified atom stereocenters. The van der Waals surface area contributed by atoms with E-state index in [1.807, 2.05) is 19.1 Å². The summed E-state index contributed by atoms with van der Waals surface area (Å²) in [5, 5.41) is 3.37. The van der Waals surface area contributed by atoms with Crippen LogP contribution in [0.3, 0.4) is 0 Å². The highest BCUT2D eigenvalue weighted by Gasteiger charge is 2.03. The average molecular weight is 307 g/mol. The largest absolute Gasteiger partial charge is 0.494 e. The van der Waals surface area contributed by atoms with Crippen LogP contribution in [0.25, 0.3) is 5.57 Å². The molecule has 0 saturated carbocycles. The predicted octanol–water partition coefficient (Wildman–Crippen LogP) is 5.52.